The van der Waals surface area contributed by atoms with Crippen LogP contribution in [0.3, 0.4) is 0 Å². The Morgan fingerprint density at radius 3 is 2.45 bits per heavy atom. The van der Waals surface area contributed by atoms with Crippen LogP contribution in [-0.2, 0) is 11.2 Å². The van der Waals surface area contributed by atoms with Crippen LogP contribution in [0.5, 0.6) is 5.88 Å². The Morgan fingerprint density at radius 2 is 1.73 bits per heavy atom. The molecule has 1 aliphatic heterocycles. The lowest BCUT2D eigenvalue weighted by Crippen LogP contribution is -2.23. The molecule has 5 nitrogen and oxygen atoms in total. The van der Waals surface area contributed by atoms with Crippen LogP contribution >= 0.6 is 11.3 Å². The average Bonchev–Trinajstić information content (AvgIpc) is 3.30. The zero-order valence-corrected chi connectivity index (χ0v) is 19.5. The normalized spacial score (nSPS) is 13.4. The topological polar surface area (TPSA) is 66.9 Å². The third-order valence-corrected chi connectivity index (χ3v) is 6.94. The predicted octanol–water partition coefficient (Wildman–Crippen LogP) is 4.01. The molecule has 3 aromatic carbocycles. The van der Waals surface area contributed by atoms with Crippen LogP contribution < -0.4 is 15.4 Å². The van der Waals surface area contributed by atoms with E-state index in [2.05, 4.69) is 11.9 Å². The minimum atomic E-state index is -0.339. The molecule has 1 aliphatic rings. The number of nitrogens with zero attached hydrogens (tertiary/aromatic N) is 3. The molecule has 0 atom stereocenters. The maximum absolute atomic E-state index is 13.0. The third-order valence-electron chi connectivity index (χ3n) is 5.89. The smallest absolute Gasteiger partial charge is 0.279 e. The standard InChI is InChI=1S/C27H23N3O2S/c1-4-18-13-14-21-19(15-18)23(25(31)28-21)24-26(32)30(22-12-8-6-10-17(22)3)27(33-24)29-20-11-7-5-9-16(20)2/h5-15,32H,4H2,1-3H3. The van der Waals surface area contributed by atoms with Gasteiger partial charge in [-0.2, -0.15) is 0 Å². The second kappa shape index (κ2) is 8.30. The first-order chi connectivity index (χ1) is 16.0. The number of thiazole rings is 1. The van der Waals surface area contributed by atoms with E-state index in [1.165, 1.54) is 11.3 Å². The van der Waals surface area contributed by atoms with Crippen LogP contribution in [0.4, 0.5) is 5.69 Å². The van der Waals surface area contributed by atoms with Gasteiger partial charge in [-0.25, -0.2) is 9.98 Å². The Labute approximate surface area is 195 Å². The van der Waals surface area contributed by atoms with E-state index in [1.807, 2.05) is 80.6 Å². The SMILES string of the molecule is CCc1ccc2c(c1)=C(c1sc(=Nc3ccccc3C)n(-c3ccccc3C)c1O)C(=O)N=2. The van der Waals surface area contributed by atoms with Crippen LogP contribution in [0.1, 0.15) is 28.5 Å². The van der Waals surface area contributed by atoms with Gasteiger partial charge in [-0.15, -0.1) is 0 Å². The van der Waals surface area contributed by atoms with E-state index in [4.69, 9.17) is 4.99 Å². The number of para-hydroxylation sites is 2. The number of hydrogen-bond donors (Lipinski definition) is 1. The maximum Gasteiger partial charge on any atom is 0.279 e. The summed E-state index contributed by atoms with van der Waals surface area (Å²) in [6.07, 6.45) is 0.849. The van der Waals surface area contributed by atoms with Crippen molar-refractivity contribution in [1.82, 2.24) is 4.57 Å². The number of carbonyl (C=O) groups excluding carboxylic acids is 1. The van der Waals surface area contributed by atoms with Crippen molar-refractivity contribution in [2.24, 2.45) is 9.98 Å². The Balaban J connectivity index is 1.87. The number of hydrogen-bond acceptors (Lipinski definition) is 4. The highest BCUT2D eigenvalue weighted by Gasteiger charge is 2.26. The van der Waals surface area contributed by atoms with Gasteiger partial charge >= 0.3 is 0 Å². The Hall–Kier alpha value is -3.77. The van der Waals surface area contributed by atoms with Gasteiger partial charge in [0.15, 0.2) is 4.80 Å². The summed E-state index contributed by atoms with van der Waals surface area (Å²) < 4.78 is 1.73. The number of fused-ring (bicyclic) bond motifs is 1. The molecule has 2 heterocycles. The Kier molecular flexibility index (Phi) is 5.30. The number of aromatic hydroxyl groups is 1. The molecule has 1 N–H and O–H groups in total. The highest BCUT2D eigenvalue weighted by atomic mass is 32.1. The number of aromatic nitrogens is 1. The van der Waals surface area contributed by atoms with Gasteiger partial charge in [-0.1, -0.05) is 60.7 Å². The lowest BCUT2D eigenvalue weighted by Gasteiger charge is -2.09. The van der Waals surface area contributed by atoms with Crippen LogP contribution in [0.25, 0.3) is 11.3 Å². The Bertz CT molecular complexity index is 1610. The zero-order valence-electron chi connectivity index (χ0n) is 18.7. The summed E-state index contributed by atoms with van der Waals surface area (Å²) in [5.41, 5.74) is 5.19. The van der Waals surface area contributed by atoms with E-state index < -0.39 is 0 Å². The van der Waals surface area contributed by atoms with Crippen molar-refractivity contribution in [2.75, 3.05) is 0 Å². The minimum Gasteiger partial charge on any atom is -0.493 e. The van der Waals surface area contributed by atoms with Crippen molar-refractivity contribution < 1.29 is 9.90 Å². The minimum absolute atomic E-state index is 0.00469. The fraction of sp³-hybridized carbons (Fsp3) is 0.148. The van der Waals surface area contributed by atoms with E-state index in [-0.39, 0.29) is 11.8 Å². The van der Waals surface area contributed by atoms with E-state index in [0.29, 0.717) is 20.6 Å². The van der Waals surface area contributed by atoms with E-state index in [9.17, 15) is 9.90 Å². The number of aryl methyl sites for hydroxylation is 3. The molecule has 0 bridgehead atoms. The summed E-state index contributed by atoms with van der Waals surface area (Å²) in [6.45, 7) is 6.06. The monoisotopic (exact) mass is 453 g/mol. The van der Waals surface area contributed by atoms with Crippen molar-refractivity contribution >= 4 is 28.5 Å². The molecule has 33 heavy (non-hydrogen) atoms. The highest BCUT2D eigenvalue weighted by Crippen LogP contribution is 2.32. The van der Waals surface area contributed by atoms with Crippen LogP contribution in [0.15, 0.2) is 76.7 Å². The first kappa shape index (κ1) is 21.1. The molecule has 0 fully saturated rings. The second-order valence-corrected chi connectivity index (χ2v) is 9.03. The molecular weight excluding hydrogens is 430 g/mol. The molecule has 0 saturated heterocycles. The second-order valence-electron chi connectivity index (χ2n) is 8.05. The van der Waals surface area contributed by atoms with Crippen molar-refractivity contribution in [3.05, 3.63) is 104 Å². The first-order valence-corrected chi connectivity index (χ1v) is 11.7. The largest absolute Gasteiger partial charge is 0.493 e. The molecule has 0 aliphatic carbocycles. The zero-order chi connectivity index (χ0) is 23.1. The molecule has 1 amide bonds. The summed E-state index contributed by atoms with van der Waals surface area (Å²) in [5.74, 6) is -0.343. The third kappa shape index (κ3) is 3.62. The molecular formula is C27H23N3O2S. The number of carbonyl (C=O) groups is 1. The highest BCUT2D eigenvalue weighted by molar-refractivity contribution is 7.11. The van der Waals surface area contributed by atoms with Crippen molar-refractivity contribution in [3.8, 4) is 11.6 Å². The summed E-state index contributed by atoms with van der Waals surface area (Å²) in [5, 5.41) is 12.9. The van der Waals surface area contributed by atoms with Crippen molar-refractivity contribution in [2.45, 2.75) is 27.2 Å². The van der Waals surface area contributed by atoms with Crippen molar-refractivity contribution in [1.29, 1.82) is 0 Å². The summed E-state index contributed by atoms with van der Waals surface area (Å²) >= 11 is 1.30. The summed E-state index contributed by atoms with van der Waals surface area (Å²) in [4.78, 5) is 23.2. The molecule has 0 radical (unpaired) electrons. The maximum atomic E-state index is 13.0. The quantitative estimate of drug-likeness (QED) is 0.507. The first-order valence-electron chi connectivity index (χ1n) is 10.9. The van der Waals surface area contributed by atoms with Gasteiger partial charge in [0.1, 0.15) is 4.88 Å². The van der Waals surface area contributed by atoms with E-state index in [1.54, 1.807) is 4.57 Å². The summed E-state index contributed by atoms with van der Waals surface area (Å²) in [7, 11) is 0. The lowest BCUT2D eigenvalue weighted by atomic mass is 10.1. The van der Waals surface area contributed by atoms with Crippen LogP contribution in [-0.4, -0.2) is 15.6 Å². The average molecular weight is 454 g/mol. The van der Waals surface area contributed by atoms with Crippen molar-refractivity contribution in [3.63, 3.8) is 0 Å². The summed E-state index contributed by atoms with van der Waals surface area (Å²) in [6, 6.07) is 21.5. The van der Waals surface area contributed by atoms with Crippen LogP contribution in [0, 0.1) is 13.8 Å². The molecule has 5 rings (SSSR count). The van der Waals surface area contributed by atoms with Gasteiger partial charge in [-0.3, -0.25) is 9.36 Å². The fourth-order valence-corrected chi connectivity index (χ4v) is 5.12. The van der Waals surface area contributed by atoms with Gasteiger partial charge < -0.3 is 5.11 Å². The number of amides is 1. The Morgan fingerprint density at radius 1 is 1.00 bits per heavy atom. The number of rotatable bonds is 4. The molecule has 4 aromatic rings. The van der Waals surface area contributed by atoms with Gasteiger partial charge in [0.25, 0.3) is 5.91 Å². The molecule has 0 saturated carbocycles. The van der Waals surface area contributed by atoms with Gasteiger partial charge in [0.05, 0.1) is 22.3 Å². The molecule has 1 aromatic heterocycles. The van der Waals surface area contributed by atoms with Gasteiger partial charge in [0.2, 0.25) is 5.88 Å². The number of benzene rings is 3. The predicted molar refractivity (Wildman–Crippen MR) is 131 cm³/mol. The van der Waals surface area contributed by atoms with Crippen LogP contribution in [0.2, 0.25) is 0 Å². The van der Waals surface area contributed by atoms with Gasteiger partial charge in [0, 0.05) is 5.22 Å². The molecule has 0 spiro atoms. The fourth-order valence-electron chi connectivity index (χ4n) is 4.03. The molecule has 164 valence electrons. The lowest BCUT2D eigenvalue weighted by molar-refractivity contribution is -0.112. The molecule has 0 unspecified atom stereocenters. The van der Waals surface area contributed by atoms with Gasteiger partial charge in [-0.05, 0) is 61.2 Å². The van der Waals surface area contributed by atoms with E-state index in [0.717, 1.165) is 39.7 Å². The van der Waals surface area contributed by atoms with E-state index >= 15 is 0 Å². The molecule has 6 heteroatoms.